The van der Waals surface area contributed by atoms with Gasteiger partial charge >= 0.3 is 0 Å². The van der Waals surface area contributed by atoms with Crippen LogP contribution in [-0.2, 0) is 4.79 Å². The third-order valence-corrected chi connectivity index (χ3v) is 4.69. The van der Waals surface area contributed by atoms with Crippen molar-refractivity contribution in [2.24, 2.45) is 5.41 Å². The number of nitrogens with zero attached hydrogens (tertiary/aromatic N) is 4. The van der Waals surface area contributed by atoms with Crippen LogP contribution >= 0.6 is 0 Å². The maximum atomic E-state index is 12.4. The van der Waals surface area contributed by atoms with Crippen LogP contribution in [0.4, 0.5) is 0 Å². The van der Waals surface area contributed by atoms with Crippen molar-refractivity contribution in [2.45, 2.75) is 32.7 Å². The summed E-state index contributed by atoms with van der Waals surface area (Å²) in [5.74, 6) is 0.451. The number of rotatable bonds is 5. The molecule has 0 radical (unpaired) electrons. The smallest absolute Gasteiger partial charge is 0.246 e. The van der Waals surface area contributed by atoms with Crippen molar-refractivity contribution in [3.05, 3.63) is 30.3 Å². The Hall–Kier alpha value is -2.28. The fourth-order valence-corrected chi connectivity index (χ4v) is 2.85. The molecular formula is C17H24N6O. The minimum absolute atomic E-state index is 0.0771. The molecule has 0 spiro atoms. The van der Waals surface area contributed by atoms with Crippen LogP contribution in [0.25, 0.3) is 11.4 Å². The zero-order valence-electron chi connectivity index (χ0n) is 14.2. The summed E-state index contributed by atoms with van der Waals surface area (Å²) in [5, 5.41) is 18.8. The molecule has 1 aliphatic heterocycles. The summed E-state index contributed by atoms with van der Waals surface area (Å²) in [6.07, 6.45) is 2.14. The van der Waals surface area contributed by atoms with E-state index >= 15 is 0 Å². The minimum Gasteiger partial charge on any atom is -0.354 e. The molecule has 1 saturated heterocycles. The van der Waals surface area contributed by atoms with E-state index in [-0.39, 0.29) is 11.3 Å². The molecule has 7 nitrogen and oxygen atoms in total. The lowest BCUT2D eigenvalue weighted by molar-refractivity contribution is -0.125. The first-order valence-electron chi connectivity index (χ1n) is 8.41. The molecule has 7 heteroatoms. The van der Waals surface area contributed by atoms with Gasteiger partial charge in [-0.2, -0.15) is 4.80 Å². The number of tetrazole rings is 1. The van der Waals surface area contributed by atoms with Crippen LogP contribution in [0.15, 0.2) is 30.3 Å². The van der Waals surface area contributed by atoms with Crippen LogP contribution in [0, 0.1) is 5.41 Å². The molecule has 3 rings (SSSR count). The highest BCUT2D eigenvalue weighted by molar-refractivity contribution is 5.79. The highest BCUT2D eigenvalue weighted by Gasteiger charge is 2.28. The molecule has 0 aliphatic carbocycles. The number of benzene rings is 1. The van der Waals surface area contributed by atoms with Gasteiger partial charge in [-0.05, 0) is 43.5 Å². The van der Waals surface area contributed by atoms with Crippen molar-refractivity contribution >= 4 is 5.91 Å². The van der Waals surface area contributed by atoms with E-state index < -0.39 is 6.04 Å². The highest BCUT2D eigenvalue weighted by Crippen LogP contribution is 2.26. The Balaban J connectivity index is 1.60. The molecule has 2 N–H and O–H groups in total. The van der Waals surface area contributed by atoms with E-state index in [0.29, 0.717) is 12.4 Å². The summed E-state index contributed by atoms with van der Waals surface area (Å²) in [5.41, 5.74) is 1.05. The quantitative estimate of drug-likeness (QED) is 0.867. The third kappa shape index (κ3) is 3.79. The zero-order valence-corrected chi connectivity index (χ0v) is 14.2. The second-order valence-corrected chi connectivity index (χ2v) is 6.75. The van der Waals surface area contributed by atoms with E-state index in [1.54, 1.807) is 6.92 Å². The van der Waals surface area contributed by atoms with Gasteiger partial charge in [-0.1, -0.05) is 37.3 Å². The Morgan fingerprint density at radius 3 is 2.75 bits per heavy atom. The minimum atomic E-state index is -0.486. The third-order valence-electron chi connectivity index (χ3n) is 4.69. The number of amides is 1. The molecule has 1 aromatic carbocycles. The Bertz CT molecular complexity index is 677. The molecule has 2 aromatic rings. The summed E-state index contributed by atoms with van der Waals surface area (Å²) in [7, 11) is 0. The Labute approximate surface area is 141 Å². The van der Waals surface area contributed by atoms with E-state index in [1.165, 1.54) is 4.80 Å². The second-order valence-electron chi connectivity index (χ2n) is 6.75. The van der Waals surface area contributed by atoms with Gasteiger partial charge in [-0.15, -0.1) is 10.2 Å². The lowest BCUT2D eigenvalue weighted by atomic mass is 9.81. The number of carbonyl (C=O) groups is 1. The van der Waals surface area contributed by atoms with Crippen LogP contribution in [0.2, 0.25) is 0 Å². The summed E-state index contributed by atoms with van der Waals surface area (Å²) >= 11 is 0. The number of piperidine rings is 1. The maximum Gasteiger partial charge on any atom is 0.246 e. The monoisotopic (exact) mass is 328 g/mol. The average Bonchev–Trinajstić information content (AvgIpc) is 3.10. The van der Waals surface area contributed by atoms with Gasteiger partial charge in [0.1, 0.15) is 6.04 Å². The van der Waals surface area contributed by atoms with Crippen molar-refractivity contribution in [3.63, 3.8) is 0 Å². The Morgan fingerprint density at radius 2 is 2.04 bits per heavy atom. The zero-order chi connectivity index (χ0) is 17.0. The Morgan fingerprint density at radius 1 is 1.33 bits per heavy atom. The number of aromatic nitrogens is 4. The summed E-state index contributed by atoms with van der Waals surface area (Å²) < 4.78 is 0. The van der Waals surface area contributed by atoms with Crippen LogP contribution < -0.4 is 10.6 Å². The molecule has 1 aliphatic rings. The van der Waals surface area contributed by atoms with Crippen LogP contribution in [0.3, 0.4) is 0 Å². The van der Waals surface area contributed by atoms with E-state index in [0.717, 1.165) is 31.5 Å². The molecule has 1 fully saturated rings. The first kappa shape index (κ1) is 16.6. The molecule has 1 aromatic heterocycles. The van der Waals surface area contributed by atoms with Crippen LogP contribution in [0.1, 0.15) is 32.7 Å². The van der Waals surface area contributed by atoms with Crippen molar-refractivity contribution in [1.82, 2.24) is 30.8 Å². The summed E-state index contributed by atoms with van der Waals surface area (Å²) in [6, 6.07) is 9.14. The van der Waals surface area contributed by atoms with Crippen molar-refractivity contribution in [3.8, 4) is 11.4 Å². The van der Waals surface area contributed by atoms with Crippen molar-refractivity contribution < 1.29 is 4.79 Å². The van der Waals surface area contributed by atoms with Gasteiger partial charge in [0.05, 0.1) is 0 Å². The van der Waals surface area contributed by atoms with E-state index in [4.69, 9.17) is 0 Å². The number of hydrogen-bond donors (Lipinski definition) is 2. The van der Waals surface area contributed by atoms with Gasteiger partial charge < -0.3 is 10.6 Å². The molecule has 24 heavy (non-hydrogen) atoms. The molecule has 0 saturated carbocycles. The largest absolute Gasteiger partial charge is 0.354 e. The topological polar surface area (TPSA) is 84.7 Å². The van der Waals surface area contributed by atoms with Gasteiger partial charge in [-0.25, -0.2) is 0 Å². The predicted octanol–water partition coefficient (Wildman–Crippen LogP) is 1.41. The van der Waals surface area contributed by atoms with E-state index in [1.807, 2.05) is 30.3 Å². The highest BCUT2D eigenvalue weighted by atomic mass is 16.2. The van der Waals surface area contributed by atoms with Crippen LogP contribution in [-0.4, -0.2) is 45.7 Å². The summed E-state index contributed by atoms with van der Waals surface area (Å²) in [4.78, 5) is 13.8. The molecule has 1 unspecified atom stereocenters. The van der Waals surface area contributed by atoms with Gasteiger partial charge in [0, 0.05) is 12.1 Å². The van der Waals surface area contributed by atoms with Crippen molar-refractivity contribution in [2.75, 3.05) is 19.6 Å². The first-order valence-corrected chi connectivity index (χ1v) is 8.41. The standard InChI is InChI=1S/C17H24N6O/c1-13(16(24)19-12-17(2)8-10-18-11-9-17)23-21-15(20-22-23)14-6-4-3-5-7-14/h3-7,13,18H,8-12H2,1-2H3,(H,19,24). The normalized spacial score (nSPS) is 18.1. The lowest BCUT2D eigenvalue weighted by Gasteiger charge is -2.34. The van der Waals surface area contributed by atoms with Gasteiger partial charge in [0.15, 0.2) is 0 Å². The first-order chi connectivity index (χ1) is 11.6. The molecule has 128 valence electrons. The van der Waals surface area contributed by atoms with Gasteiger partial charge in [0.25, 0.3) is 0 Å². The number of carbonyl (C=O) groups excluding carboxylic acids is 1. The maximum absolute atomic E-state index is 12.4. The molecule has 1 atom stereocenters. The fourth-order valence-electron chi connectivity index (χ4n) is 2.85. The number of nitrogens with one attached hydrogen (secondary N) is 2. The Kier molecular flexibility index (Phi) is 4.89. The average molecular weight is 328 g/mol. The summed E-state index contributed by atoms with van der Waals surface area (Å²) in [6.45, 7) is 6.70. The van der Waals surface area contributed by atoms with Gasteiger partial charge in [0.2, 0.25) is 11.7 Å². The molecule has 1 amide bonds. The second kappa shape index (κ2) is 7.09. The lowest BCUT2D eigenvalue weighted by Crippen LogP contribution is -2.44. The molecular weight excluding hydrogens is 304 g/mol. The fraction of sp³-hybridized carbons (Fsp3) is 0.529. The molecule has 2 heterocycles. The number of hydrogen-bond acceptors (Lipinski definition) is 5. The predicted molar refractivity (Wildman–Crippen MR) is 91.2 cm³/mol. The van der Waals surface area contributed by atoms with Crippen molar-refractivity contribution in [1.29, 1.82) is 0 Å². The van der Waals surface area contributed by atoms with E-state index in [2.05, 4.69) is 33.0 Å². The SMILES string of the molecule is CC(C(=O)NCC1(C)CCNCC1)n1nnc(-c2ccccc2)n1. The molecule has 0 bridgehead atoms. The van der Waals surface area contributed by atoms with Crippen LogP contribution in [0.5, 0.6) is 0 Å². The van der Waals surface area contributed by atoms with Gasteiger partial charge in [-0.3, -0.25) is 4.79 Å². The van der Waals surface area contributed by atoms with E-state index in [9.17, 15) is 4.79 Å².